The number of amides is 1. The summed E-state index contributed by atoms with van der Waals surface area (Å²) in [5.41, 5.74) is 0.406. The van der Waals surface area contributed by atoms with Crippen LogP contribution in [-0.4, -0.2) is 41.8 Å². The minimum absolute atomic E-state index is 0.0163. The van der Waals surface area contributed by atoms with E-state index < -0.39 is 9.84 Å². The molecule has 25 heavy (non-hydrogen) atoms. The molecule has 0 bridgehead atoms. The monoisotopic (exact) mass is 385 g/mol. The fourth-order valence-electron chi connectivity index (χ4n) is 2.45. The zero-order valence-electron chi connectivity index (χ0n) is 13.1. The van der Waals surface area contributed by atoms with E-state index in [1.165, 1.54) is 6.07 Å². The second-order valence-electron chi connectivity index (χ2n) is 5.66. The maximum atomic E-state index is 13.5. The van der Waals surface area contributed by atoms with E-state index in [1.54, 1.807) is 18.2 Å². The van der Waals surface area contributed by atoms with Crippen LogP contribution >= 0.6 is 11.8 Å². The van der Waals surface area contributed by atoms with Gasteiger partial charge in [0.1, 0.15) is 5.82 Å². The minimum Gasteiger partial charge on any atom is -0.416 e. The molecule has 1 aromatic carbocycles. The van der Waals surface area contributed by atoms with Gasteiger partial charge in [-0.15, -0.1) is 10.2 Å². The maximum absolute atomic E-state index is 13.5. The molecule has 0 radical (unpaired) electrons. The number of sulfone groups is 1. The Morgan fingerprint density at radius 3 is 2.88 bits per heavy atom. The Morgan fingerprint density at radius 2 is 2.16 bits per heavy atom. The van der Waals surface area contributed by atoms with E-state index in [0.29, 0.717) is 12.0 Å². The van der Waals surface area contributed by atoms with Crippen LogP contribution in [0.15, 0.2) is 33.9 Å². The molecule has 1 atom stereocenters. The average molecular weight is 385 g/mol. The van der Waals surface area contributed by atoms with Crippen molar-refractivity contribution >= 4 is 27.5 Å². The van der Waals surface area contributed by atoms with Crippen molar-refractivity contribution in [3.05, 3.63) is 41.5 Å². The number of thioether (sulfide) groups is 1. The largest absolute Gasteiger partial charge is 0.416 e. The van der Waals surface area contributed by atoms with Crippen LogP contribution in [-0.2, 0) is 21.2 Å². The van der Waals surface area contributed by atoms with Crippen LogP contribution in [0.3, 0.4) is 0 Å². The van der Waals surface area contributed by atoms with E-state index in [1.807, 2.05) is 0 Å². The van der Waals surface area contributed by atoms with Crippen LogP contribution in [0.1, 0.15) is 23.8 Å². The summed E-state index contributed by atoms with van der Waals surface area (Å²) >= 11 is 1.05. The molecule has 3 rings (SSSR count). The van der Waals surface area contributed by atoms with Crippen molar-refractivity contribution in [1.82, 2.24) is 15.5 Å². The number of carbonyl (C=O) groups is 1. The molecule has 1 saturated heterocycles. The van der Waals surface area contributed by atoms with Crippen molar-refractivity contribution in [3.8, 4) is 0 Å². The van der Waals surface area contributed by atoms with Gasteiger partial charge in [0.15, 0.2) is 9.84 Å². The van der Waals surface area contributed by atoms with E-state index >= 15 is 0 Å². The zero-order chi connectivity index (χ0) is 17.9. The molecule has 2 heterocycles. The average Bonchev–Trinajstić information content (AvgIpc) is 3.18. The van der Waals surface area contributed by atoms with Gasteiger partial charge in [-0.3, -0.25) is 4.79 Å². The number of nitrogens with one attached hydrogen (secondary N) is 1. The normalized spacial score (nSPS) is 19.0. The van der Waals surface area contributed by atoms with Crippen molar-refractivity contribution < 1.29 is 22.0 Å². The first-order valence-corrected chi connectivity index (χ1v) is 10.4. The molecule has 0 unspecified atom stereocenters. The molecule has 10 heteroatoms. The molecule has 1 aliphatic heterocycles. The number of carbonyl (C=O) groups excluding carboxylic acids is 1. The first-order chi connectivity index (χ1) is 11.9. The third-order valence-electron chi connectivity index (χ3n) is 3.76. The summed E-state index contributed by atoms with van der Waals surface area (Å²) in [6.45, 7) is 0.0983. The molecule has 0 spiro atoms. The first kappa shape index (κ1) is 17.9. The highest BCUT2D eigenvalue weighted by atomic mass is 32.2. The molecule has 1 aromatic heterocycles. The van der Waals surface area contributed by atoms with Gasteiger partial charge in [0.2, 0.25) is 11.8 Å². The quantitative estimate of drug-likeness (QED) is 0.752. The highest BCUT2D eigenvalue weighted by molar-refractivity contribution is 7.99. The van der Waals surface area contributed by atoms with Crippen molar-refractivity contribution in [1.29, 1.82) is 0 Å². The number of benzene rings is 1. The fourth-order valence-corrected chi connectivity index (χ4v) is 4.78. The Hall–Kier alpha value is -1.94. The lowest BCUT2D eigenvalue weighted by atomic mass is 10.1. The van der Waals surface area contributed by atoms with E-state index in [9.17, 15) is 17.6 Å². The zero-order valence-corrected chi connectivity index (χ0v) is 14.8. The summed E-state index contributed by atoms with van der Waals surface area (Å²) in [4.78, 5) is 11.8. The van der Waals surface area contributed by atoms with Crippen LogP contribution in [0, 0.1) is 5.82 Å². The van der Waals surface area contributed by atoms with Crippen molar-refractivity contribution in [2.75, 3.05) is 17.3 Å². The number of hydrogen-bond donors (Lipinski definition) is 1. The Bertz CT molecular complexity index is 869. The predicted octanol–water partition coefficient (Wildman–Crippen LogP) is 1.52. The third-order valence-corrected chi connectivity index (χ3v) is 6.35. The SMILES string of the molecule is O=C(CSc1nnc([C@H]2CCS(=O)(=O)C2)o1)NCc1ccccc1F. The summed E-state index contributed by atoms with van der Waals surface area (Å²) in [6, 6.07) is 6.21. The van der Waals surface area contributed by atoms with Gasteiger partial charge in [-0.05, 0) is 12.5 Å². The van der Waals surface area contributed by atoms with Crippen LogP contribution in [0.4, 0.5) is 4.39 Å². The first-order valence-electron chi connectivity index (χ1n) is 7.60. The Labute approximate surface area is 148 Å². The summed E-state index contributed by atoms with van der Waals surface area (Å²) in [6.07, 6.45) is 0.470. The van der Waals surface area contributed by atoms with Gasteiger partial charge in [-0.25, -0.2) is 12.8 Å². The Kier molecular flexibility index (Phi) is 5.38. The molecule has 1 fully saturated rings. The fraction of sp³-hybridized carbons (Fsp3) is 0.400. The van der Waals surface area contributed by atoms with E-state index in [4.69, 9.17) is 4.42 Å². The molecular weight excluding hydrogens is 369 g/mol. The molecule has 7 nitrogen and oxygen atoms in total. The summed E-state index contributed by atoms with van der Waals surface area (Å²) in [7, 11) is -3.03. The van der Waals surface area contributed by atoms with Crippen molar-refractivity contribution in [2.24, 2.45) is 0 Å². The van der Waals surface area contributed by atoms with E-state index in [2.05, 4.69) is 15.5 Å². The Balaban J connectivity index is 1.47. The number of halogens is 1. The molecule has 1 aliphatic rings. The van der Waals surface area contributed by atoms with Crippen LogP contribution in [0.5, 0.6) is 0 Å². The molecule has 1 amide bonds. The summed E-state index contributed by atoms with van der Waals surface area (Å²) < 4.78 is 41.8. The summed E-state index contributed by atoms with van der Waals surface area (Å²) in [5, 5.41) is 10.5. The lowest BCUT2D eigenvalue weighted by Crippen LogP contribution is -2.25. The second kappa shape index (κ2) is 7.52. The molecule has 0 aliphatic carbocycles. The smallest absolute Gasteiger partial charge is 0.277 e. The van der Waals surface area contributed by atoms with Gasteiger partial charge in [-0.1, -0.05) is 30.0 Å². The highest BCUT2D eigenvalue weighted by Gasteiger charge is 2.32. The molecule has 1 N–H and O–H groups in total. The highest BCUT2D eigenvalue weighted by Crippen LogP contribution is 2.29. The van der Waals surface area contributed by atoms with Gasteiger partial charge < -0.3 is 9.73 Å². The van der Waals surface area contributed by atoms with Crippen molar-refractivity contribution in [3.63, 3.8) is 0 Å². The van der Waals surface area contributed by atoms with Crippen molar-refractivity contribution in [2.45, 2.75) is 24.1 Å². The van der Waals surface area contributed by atoms with Gasteiger partial charge in [0.25, 0.3) is 5.22 Å². The number of nitrogens with zero attached hydrogens (tertiary/aromatic N) is 2. The topological polar surface area (TPSA) is 102 Å². The van der Waals surface area contributed by atoms with E-state index in [0.717, 1.165) is 11.8 Å². The van der Waals surface area contributed by atoms with Crippen LogP contribution < -0.4 is 5.32 Å². The lowest BCUT2D eigenvalue weighted by Gasteiger charge is -2.05. The number of rotatable bonds is 6. The maximum Gasteiger partial charge on any atom is 0.277 e. The van der Waals surface area contributed by atoms with Gasteiger partial charge in [-0.2, -0.15) is 0 Å². The number of aromatic nitrogens is 2. The molecule has 0 saturated carbocycles. The summed E-state index contributed by atoms with van der Waals surface area (Å²) in [5.74, 6) is -0.473. The molecule has 134 valence electrons. The van der Waals surface area contributed by atoms with Gasteiger partial charge in [0.05, 0.1) is 23.2 Å². The third kappa shape index (κ3) is 4.79. The van der Waals surface area contributed by atoms with E-state index in [-0.39, 0.29) is 52.6 Å². The second-order valence-corrected chi connectivity index (χ2v) is 8.82. The van der Waals surface area contributed by atoms with Gasteiger partial charge >= 0.3 is 0 Å². The Morgan fingerprint density at radius 1 is 1.36 bits per heavy atom. The number of hydrogen-bond acceptors (Lipinski definition) is 7. The standard InChI is InChI=1S/C15H16FN3O4S2/c16-12-4-2-1-3-10(12)7-17-13(20)8-24-15-19-18-14(23-15)11-5-6-25(21,22)9-11/h1-4,11H,5-9H2,(H,17,20)/t11-/m0/s1. The predicted molar refractivity (Wildman–Crippen MR) is 89.3 cm³/mol. The molecular formula is C15H16FN3O4S2. The lowest BCUT2D eigenvalue weighted by molar-refractivity contribution is -0.118. The van der Waals surface area contributed by atoms with Crippen LogP contribution in [0.2, 0.25) is 0 Å². The molecule has 2 aromatic rings. The van der Waals surface area contributed by atoms with Gasteiger partial charge in [0, 0.05) is 12.1 Å². The minimum atomic E-state index is -3.03. The van der Waals surface area contributed by atoms with Crippen LogP contribution in [0.25, 0.3) is 0 Å².